The summed E-state index contributed by atoms with van der Waals surface area (Å²) in [4.78, 5) is 0. The molecule has 0 radical (unpaired) electrons. The second-order valence-corrected chi connectivity index (χ2v) is 2.67. The summed E-state index contributed by atoms with van der Waals surface area (Å²) in [6.07, 6.45) is 5.45. The fourth-order valence-corrected chi connectivity index (χ4v) is 1.09. The molecule has 0 N–H and O–H groups in total. The summed E-state index contributed by atoms with van der Waals surface area (Å²) in [5.74, 6) is 0.601. The van der Waals surface area contributed by atoms with E-state index in [4.69, 9.17) is 4.74 Å². The number of aryl methyl sites for hydroxylation is 1. The average molecular weight is 178 g/mol. The summed E-state index contributed by atoms with van der Waals surface area (Å²) in [5, 5.41) is 8.20. The lowest BCUT2D eigenvalue weighted by molar-refractivity contribution is 0.394. The van der Waals surface area contributed by atoms with E-state index in [2.05, 4.69) is 10.2 Å². The maximum absolute atomic E-state index is 4.96. The Kier molecular flexibility index (Phi) is 1.77. The van der Waals surface area contributed by atoms with Crippen molar-refractivity contribution < 1.29 is 4.74 Å². The van der Waals surface area contributed by atoms with E-state index in [1.807, 2.05) is 19.4 Å². The van der Waals surface area contributed by atoms with Gasteiger partial charge in [-0.25, -0.2) is 4.68 Å². The van der Waals surface area contributed by atoms with Crippen molar-refractivity contribution in [3.63, 3.8) is 0 Å². The number of rotatable bonds is 2. The molecule has 0 aliphatic heterocycles. The minimum absolute atomic E-state index is 0.601. The Bertz CT molecular complexity index is 404. The monoisotopic (exact) mass is 178 g/mol. The van der Waals surface area contributed by atoms with E-state index in [0.717, 1.165) is 5.69 Å². The van der Waals surface area contributed by atoms with Gasteiger partial charge in [0.05, 0.1) is 19.5 Å². The zero-order valence-corrected chi connectivity index (χ0v) is 7.51. The fraction of sp³-hybridized carbons (Fsp3) is 0.250. The van der Waals surface area contributed by atoms with Crippen molar-refractivity contribution in [3.8, 4) is 11.6 Å². The van der Waals surface area contributed by atoms with Crippen molar-refractivity contribution in [2.24, 2.45) is 7.05 Å². The van der Waals surface area contributed by atoms with Crippen molar-refractivity contribution in [2.75, 3.05) is 7.11 Å². The lowest BCUT2D eigenvalue weighted by atomic mass is 10.6. The summed E-state index contributed by atoms with van der Waals surface area (Å²) in [5.41, 5.74) is 0.922. The zero-order valence-electron chi connectivity index (χ0n) is 7.51. The van der Waals surface area contributed by atoms with Crippen LogP contribution in [-0.4, -0.2) is 26.7 Å². The molecule has 0 aliphatic rings. The molecule has 68 valence electrons. The summed E-state index contributed by atoms with van der Waals surface area (Å²) in [6, 6.07) is 1.80. The fourth-order valence-electron chi connectivity index (χ4n) is 1.09. The quantitative estimate of drug-likeness (QED) is 0.677. The molecule has 0 spiro atoms. The predicted octanol–water partition coefficient (Wildman–Crippen LogP) is 0.614. The topological polar surface area (TPSA) is 44.9 Å². The highest BCUT2D eigenvalue weighted by Gasteiger charge is 2.01. The Morgan fingerprint density at radius 1 is 1.46 bits per heavy atom. The van der Waals surface area contributed by atoms with Gasteiger partial charge >= 0.3 is 0 Å². The van der Waals surface area contributed by atoms with Gasteiger partial charge in [-0.3, -0.25) is 4.68 Å². The number of nitrogens with zero attached hydrogens (tertiary/aromatic N) is 4. The highest BCUT2D eigenvalue weighted by atomic mass is 16.5. The third-order valence-electron chi connectivity index (χ3n) is 1.73. The van der Waals surface area contributed by atoms with Gasteiger partial charge in [0.15, 0.2) is 0 Å². The third kappa shape index (κ3) is 1.40. The minimum Gasteiger partial charge on any atom is -0.480 e. The maximum Gasteiger partial charge on any atom is 0.232 e. The van der Waals surface area contributed by atoms with Gasteiger partial charge in [0.1, 0.15) is 5.69 Å². The van der Waals surface area contributed by atoms with Crippen LogP contribution in [0.1, 0.15) is 0 Å². The van der Waals surface area contributed by atoms with E-state index in [1.165, 1.54) is 0 Å². The molecule has 0 saturated heterocycles. The van der Waals surface area contributed by atoms with E-state index in [-0.39, 0.29) is 0 Å². The lowest BCUT2D eigenvalue weighted by Gasteiger charge is -1.94. The molecule has 0 unspecified atom stereocenters. The van der Waals surface area contributed by atoms with Gasteiger partial charge in [0, 0.05) is 19.3 Å². The molecular weight excluding hydrogens is 168 g/mol. The zero-order chi connectivity index (χ0) is 9.26. The van der Waals surface area contributed by atoms with Crippen LogP contribution >= 0.6 is 0 Å². The Labute approximate surface area is 75.5 Å². The first-order valence-corrected chi connectivity index (χ1v) is 3.88. The number of hydrogen-bond donors (Lipinski definition) is 0. The second-order valence-electron chi connectivity index (χ2n) is 2.67. The highest BCUT2D eigenvalue weighted by Crippen LogP contribution is 2.09. The van der Waals surface area contributed by atoms with E-state index >= 15 is 0 Å². The van der Waals surface area contributed by atoms with Gasteiger partial charge in [0.25, 0.3) is 0 Å². The van der Waals surface area contributed by atoms with Crippen molar-refractivity contribution in [3.05, 3.63) is 24.7 Å². The maximum atomic E-state index is 4.96. The van der Waals surface area contributed by atoms with E-state index in [1.54, 1.807) is 28.7 Å². The summed E-state index contributed by atoms with van der Waals surface area (Å²) in [7, 11) is 3.46. The average Bonchev–Trinajstić information content (AvgIpc) is 2.71. The van der Waals surface area contributed by atoms with Crippen LogP contribution in [0, 0.1) is 0 Å². The third-order valence-corrected chi connectivity index (χ3v) is 1.73. The van der Waals surface area contributed by atoms with Crippen LogP contribution in [-0.2, 0) is 7.05 Å². The van der Waals surface area contributed by atoms with Gasteiger partial charge in [-0.05, 0) is 0 Å². The smallest absolute Gasteiger partial charge is 0.232 e. The number of hydrogen-bond acceptors (Lipinski definition) is 3. The van der Waals surface area contributed by atoms with Crippen LogP contribution in [0.2, 0.25) is 0 Å². The van der Waals surface area contributed by atoms with Gasteiger partial charge in [-0.2, -0.15) is 5.10 Å². The number of ether oxygens (including phenoxy) is 1. The van der Waals surface area contributed by atoms with Gasteiger partial charge in [-0.15, -0.1) is 5.10 Å². The molecule has 5 nitrogen and oxygen atoms in total. The van der Waals surface area contributed by atoms with Gasteiger partial charge in [-0.1, -0.05) is 0 Å². The summed E-state index contributed by atoms with van der Waals surface area (Å²) in [6.45, 7) is 0. The van der Waals surface area contributed by atoms with Crippen LogP contribution in [0.4, 0.5) is 0 Å². The summed E-state index contributed by atoms with van der Waals surface area (Å²) < 4.78 is 8.40. The molecule has 0 saturated carbocycles. The molecular formula is C8H10N4O. The largest absolute Gasteiger partial charge is 0.480 e. The highest BCUT2D eigenvalue weighted by molar-refractivity contribution is 5.25. The first-order chi connectivity index (χ1) is 6.29. The van der Waals surface area contributed by atoms with Gasteiger partial charge in [0.2, 0.25) is 5.88 Å². The minimum atomic E-state index is 0.601. The standard InChI is InChI=1S/C8H10N4O/c1-11-6-7(5-9-11)12-4-3-8(10-12)13-2/h3-6H,1-2H3. The van der Waals surface area contributed by atoms with Crippen molar-refractivity contribution in [2.45, 2.75) is 0 Å². The van der Waals surface area contributed by atoms with E-state index in [0.29, 0.717) is 5.88 Å². The molecule has 2 heterocycles. The van der Waals surface area contributed by atoms with Gasteiger partial charge < -0.3 is 4.74 Å². The molecule has 0 bridgehead atoms. The normalized spacial score (nSPS) is 10.3. The predicted molar refractivity (Wildman–Crippen MR) is 46.9 cm³/mol. The van der Waals surface area contributed by atoms with E-state index < -0.39 is 0 Å². The Balaban J connectivity index is 2.35. The van der Waals surface area contributed by atoms with Crippen LogP contribution in [0.25, 0.3) is 5.69 Å². The van der Waals surface area contributed by atoms with Crippen molar-refractivity contribution >= 4 is 0 Å². The number of aromatic nitrogens is 4. The van der Waals surface area contributed by atoms with Crippen LogP contribution in [0.15, 0.2) is 24.7 Å². The van der Waals surface area contributed by atoms with Crippen molar-refractivity contribution in [1.29, 1.82) is 0 Å². The Morgan fingerprint density at radius 2 is 2.31 bits per heavy atom. The molecule has 5 heteroatoms. The first kappa shape index (κ1) is 7.85. The van der Waals surface area contributed by atoms with Crippen LogP contribution in [0.3, 0.4) is 0 Å². The molecule has 0 fully saturated rings. The molecule has 2 aromatic heterocycles. The SMILES string of the molecule is COc1ccn(-c2cnn(C)c2)n1. The van der Waals surface area contributed by atoms with E-state index in [9.17, 15) is 0 Å². The molecule has 0 atom stereocenters. The molecule has 2 rings (SSSR count). The second kappa shape index (κ2) is 2.93. The molecule has 0 amide bonds. The summed E-state index contributed by atoms with van der Waals surface area (Å²) >= 11 is 0. The lowest BCUT2D eigenvalue weighted by Crippen LogP contribution is -1.93. The molecule has 13 heavy (non-hydrogen) atoms. The molecule has 0 aliphatic carbocycles. The van der Waals surface area contributed by atoms with Crippen LogP contribution in [0.5, 0.6) is 5.88 Å². The van der Waals surface area contributed by atoms with Crippen LogP contribution < -0.4 is 4.74 Å². The Hall–Kier alpha value is -1.78. The molecule has 2 aromatic rings. The van der Waals surface area contributed by atoms with Crippen molar-refractivity contribution in [1.82, 2.24) is 19.6 Å². The first-order valence-electron chi connectivity index (χ1n) is 3.88. The number of methoxy groups -OCH3 is 1. The molecule has 0 aromatic carbocycles. The Morgan fingerprint density at radius 3 is 2.85 bits per heavy atom.